The lowest BCUT2D eigenvalue weighted by molar-refractivity contribution is -0.0131. The van der Waals surface area contributed by atoms with Crippen LogP contribution in [0.2, 0.25) is 0 Å². The summed E-state index contributed by atoms with van der Waals surface area (Å²) in [5.41, 5.74) is -1.26. The number of aromatic amines is 1. The molecule has 1 saturated heterocycles. The van der Waals surface area contributed by atoms with Gasteiger partial charge in [-0.1, -0.05) is 0 Å². The van der Waals surface area contributed by atoms with Crippen LogP contribution in [-0.2, 0) is 4.74 Å². The highest BCUT2D eigenvalue weighted by Gasteiger charge is 2.36. The zero-order valence-corrected chi connectivity index (χ0v) is 16.0. The molecule has 0 spiro atoms. The van der Waals surface area contributed by atoms with Crippen LogP contribution in [0.3, 0.4) is 0 Å². The minimum Gasteiger partial charge on any atom is -0.390 e. The highest BCUT2D eigenvalue weighted by atomic mass is 16.5. The highest BCUT2D eigenvalue weighted by molar-refractivity contribution is 5.75. The van der Waals surface area contributed by atoms with Crippen molar-refractivity contribution in [3.8, 4) is 0 Å². The minimum absolute atomic E-state index is 0.105. The number of rotatable bonds is 7. The summed E-state index contributed by atoms with van der Waals surface area (Å²) in [5, 5.41) is 13.2. The molecule has 1 aromatic carbocycles. The van der Waals surface area contributed by atoms with E-state index in [1.165, 1.54) is 10.8 Å². The summed E-state index contributed by atoms with van der Waals surface area (Å²) in [6, 6.07) is 0. The van der Waals surface area contributed by atoms with Gasteiger partial charge in [-0.3, -0.25) is 23.9 Å². The molecule has 2 aromatic rings. The van der Waals surface area contributed by atoms with Crippen LogP contribution in [0.15, 0.2) is 25.4 Å². The predicted molar refractivity (Wildman–Crippen MR) is 104 cm³/mol. The molecule has 10 nitrogen and oxygen atoms in total. The molecule has 10 heteroatoms. The van der Waals surface area contributed by atoms with Crippen LogP contribution < -0.4 is 32.3 Å². The number of hydrogen-bond acceptors (Lipinski definition) is 8. The molecule has 152 valence electrons. The number of aryl methyl sites for hydroxylation is 1. The summed E-state index contributed by atoms with van der Waals surface area (Å²) in [6.07, 6.45) is -0.742. The smallest absolute Gasteiger partial charge is 0.330 e. The number of nitrogens with zero attached hydrogens (tertiary/aromatic N) is 2. The zero-order chi connectivity index (χ0) is 20.6. The van der Waals surface area contributed by atoms with Gasteiger partial charge in [-0.05, 0) is 20.8 Å². The Hall–Kier alpha value is -2.72. The first-order chi connectivity index (χ1) is 13.3. The third-order valence-electron chi connectivity index (χ3n) is 5.11. The third-order valence-corrected chi connectivity index (χ3v) is 5.11. The predicted octanol–water partition coefficient (Wildman–Crippen LogP) is -0.952. The molecule has 1 aliphatic rings. The molecule has 1 fully saturated rings. The standard InChI is InChI=1S/C18H24N4O6/c1-4-21(5-2)14-13(15(24)16(14)25)19-7-11-10(23)6-12(28-11)22-8-9(3)17(26)20-18(22)27/h8,10-12,19,23H,4-7H2,1-3H3,(H,20,26,27)/t10-,11+,12+/m0/s1. The van der Waals surface area contributed by atoms with Gasteiger partial charge in [0.1, 0.15) is 23.7 Å². The van der Waals surface area contributed by atoms with Crippen LogP contribution in [0, 0.1) is 6.92 Å². The Morgan fingerprint density at radius 3 is 2.57 bits per heavy atom. The van der Waals surface area contributed by atoms with Crippen molar-refractivity contribution >= 4 is 11.4 Å². The molecule has 0 aliphatic carbocycles. The van der Waals surface area contributed by atoms with E-state index in [2.05, 4.69) is 10.3 Å². The number of hydrogen-bond donors (Lipinski definition) is 3. The van der Waals surface area contributed by atoms with Crippen molar-refractivity contribution in [2.24, 2.45) is 0 Å². The number of anilines is 2. The van der Waals surface area contributed by atoms with Gasteiger partial charge >= 0.3 is 5.69 Å². The van der Waals surface area contributed by atoms with Gasteiger partial charge in [0.15, 0.2) is 0 Å². The fourth-order valence-electron chi connectivity index (χ4n) is 3.46. The molecule has 2 heterocycles. The summed E-state index contributed by atoms with van der Waals surface area (Å²) < 4.78 is 7.00. The van der Waals surface area contributed by atoms with Crippen LogP contribution in [0.5, 0.6) is 0 Å². The number of H-pyrrole nitrogens is 1. The van der Waals surface area contributed by atoms with Crippen LogP contribution in [0.1, 0.15) is 32.1 Å². The number of aliphatic hydroxyl groups excluding tert-OH is 1. The Labute approximate surface area is 160 Å². The SMILES string of the molecule is CCN(CC)c1c(NC[C@H]2O[C@@H](n3cc(C)c(=O)[nH]c3=O)C[C@@H]2O)c(=O)c1=O. The molecular weight excluding hydrogens is 368 g/mol. The van der Waals surface area contributed by atoms with E-state index in [9.17, 15) is 24.3 Å². The number of nitrogens with one attached hydrogen (secondary N) is 2. The van der Waals surface area contributed by atoms with Crippen molar-refractivity contribution in [3.63, 3.8) is 0 Å². The average Bonchev–Trinajstić information content (AvgIpc) is 3.04. The lowest BCUT2D eigenvalue weighted by Crippen LogP contribution is -2.44. The van der Waals surface area contributed by atoms with Gasteiger partial charge in [0.25, 0.3) is 16.4 Å². The lowest BCUT2D eigenvalue weighted by Gasteiger charge is -2.26. The van der Waals surface area contributed by atoms with E-state index in [4.69, 9.17) is 4.74 Å². The van der Waals surface area contributed by atoms with Crippen molar-refractivity contribution in [1.29, 1.82) is 0 Å². The van der Waals surface area contributed by atoms with Gasteiger partial charge in [0.05, 0.1) is 6.10 Å². The largest absolute Gasteiger partial charge is 0.390 e. The van der Waals surface area contributed by atoms with Crippen LogP contribution >= 0.6 is 0 Å². The maximum absolute atomic E-state index is 12.0. The van der Waals surface area contributed by atoms with Crippen LogP contribution in [0.25, 0.3) is 0 Å². The first kappa shape index (κ1) is 20.0. The summed E-state index contributed by atoms with van der Waals surface area (Å²) in [7, 11) is 0. The van der Waals surface area contributed by atoms with Crippen molar-refractivity contribution in [2.45, 2.75) is 45.6 Å². The molecule has 28 heavy (non-hydrogen) atoms. The summed E-state index contributed by atoms with van der Waals surface area (Å²) >= 11 is 0. The van der Waals surface area contributed by atoms with Gasteiger partial charge in [0, 0.05) is 37.8 Å². The van der Waals surface area contributed by atoms with E-state index in [1.807, 2.05) is 13.8 Å². The Kier molecular flexibility index (Phi) is 5.52. The Morgan fingerprint density at radius 2 is 1.93 bits per heavy atom. The fourth-order valence-corrected chi connectivity index (χ4v) is 3.46. The van der Waals surface area contributed by atoms with Gasteiger partial charge in [-0.15, -0.1) is 0 Å². The van der Waals surface area contributed by atoms with E-state index in [0.29, 0.717) is 24.3 Å². The zero-order valence-electron chi connectivity index (χ0n) is 16.0. The summed E-state index contributed by atoms with van der Waals surface area (Å²) in [4.78, 5) is 51.3. The van der Waals surface area contributed by atoms with E-state index in [0.717, 1.165) is 0 Å². The molecule has 1 aromatic heterocycles. The molecule has 1 aliphatic heterocycles. The lowest BCUT2D eigenvalue weighted by atomic mass is 10.1. The van der Waals surface area contributed by atoms with Crippen LogP contribution in [0.4, 0.5) is 11.4 Å². The second-order valence-electron chi connectivity index (χ2n) is 6.85. The van der Waals surface area contributed by atoms with Gasteiger partial charge in [0.2, 0.25) is 0 Å². The van der Waals surface area contributed by atoms with Crippen LogP contribution in [-0.4, -0.2) is 46.5 Å². The van der Waals surface area contributed by atoms with Crippen molar-refractivity contribution in [1.82, 2.24) is 9.55 Å². The molecule has 0 amide bonds. The topological polar surface area (TPSA) is 134 Å². The maximum Gasteiger partial charge on any atom is 0.330 e. The monoisotopic (exact) mass is 392 g/mol. The van der Waals surface area contributed by atoms with Crippen molar-refractivity contribution in [2.75, 3.05) is 29.9 Å². The fraction of sp³-hybridized carbons (Fsp3) is 0.556. The van der Waals surface area contributed by atoms with E-state index >= 15 is 0 Å². The number of aromatic nitrogens is 2. The molecule has 0 bridgehead atoms. The van der Waals surface area contributed by atoms with Gasteiger partial charge in [-0.25, -0.2) is 4.79 Å². The first-order valence-electron chi connectivity index (χ1n) is 9.26. The molecule has 3 N–H and O–H groups in total. The number of aliphatic hydroxyl groups is 1. The third kappa shape index (κ3) is 3.40. The summed E-state index contributed by atoms with van der Waals surface area (Å²) in [5.74, 6) is 0. The number of ether oxygens (including phenoxy) is 1. The Bertz CT molecular complexity index is 1040. The summed E-state index contributed by atoms with van der Waals surface area (Å²) in [6.45, 7) is 6.64. The molecule has 3 atom stereocenters. The maximum atomic E-state index is 12.0. The molecule has 3 rings (SSSR count). The van der Waals surface area contributed by atoms with Crippen molar-refractivity contribution in [3.05, 3.63) is 53.0 Å². The quantitative estimate of drug-likeness (QED) is 0.514. The molecule has 0 radical (unpaired) electrons. The van der Waals surface area contributed by atoms with Crippen molar-refractivity contribution < 1.29 is 9.84 Å². The normalized spacial score (nSPS) is 21.9. The average molecular weight is 392 g/mol. The minimum atomic E-state index is -0.875. The van der Waals surface area contributed by atoms with E-state index in [-0.39, 0.29) is 18.7 Å². The highest BCUT2D eigenvalue weighted by Crippen LogP contribution is 2.28. The molecule has 0 unspecified atom stereocenters. The molecular formula is C18H24N4O6. The second kappa shape index (κ2) is 7.72. The van der Waals surface area contributed by atoms with E-state index in [1.54, 1.807) is 11.8 Å². The molecule has 0 saturated carbocycles. The van der Waals surface area contributed by atoms with Gasteiger partial charge in [-0.2, -0.15) is 0 Å². The van der Waals surface area contributed by atoms with E-state index < -0.39 is 40.5 Å². The van der Waals surface area contributed by atoms with Gasteiger partial charge < -0.3 is 20.1 Å². The first-order valence-corrected chi connectivity index (χ1v) is 9.26. The second-order valence-corrected chi connectivity index (χ2v) is 6.85. The Balaban J connectivity index is 1.73. The Morgan fingerprint density at radius 1 is 1.25 bits per heavy atom.